The summed E-state index contributed by atoms with van der Waals surface area (Å²) in [6.07, 6.45) is 4.41. The number of nitrogens with one attached hydrogen (secondary N) is 1. The van der Waals surface area contributed by atoms with Crippen LogP contribution in [0.25, 0.3) is 0 Å². The van der Waals surface area contributed by atoms with Crippen molar-refractivity contribution >= 4 is 23.2 Å². The van der Waals surface area contributed by atoms with E-state index in [-0.39, 0.29) is 5.91 Å². The van der Waals surface area contributed by atoms with Gasteiger partial charge in [-0.3, -0.25) is 4.79 Å². The molecule has 0 unspecified atom stereocenters. The molecule has 0 aliphatic heterocycles. The second kappa shape index (κ2) is 9.33. The number of anilines is 1. The van der Waals surface area contributed by atoms with Crippen LogP contribution < -0.4 is 10.1 Å². The summed E-state index contributed by atoms with van der Waals surface area (Å²) in [5, 5.41) is 3.51. The lowest BCUT2D eigenvalue weighted by Crippen LogP contribution is -2.12. The monoisotopic (exact) mass is 345 g/mol. The summed E-state index contributed by atoms with van der Waals surface area (Å²) in [4.78, 5) is 12.1. The first kappa shape index (κ1) is 18.3. The first-order valence-corrected chi connectivity index (χ1v) is 8.72. The Kier molecular flexibility index (Phi) is 7.13. The Bertz CT molecular complexity index is 668. The fourth-order valence-electron chi connectivity index (χ4n) is 2.51. The molecule has 0 radical (unpaired) electrons. The molecule has 0 aliphatic carbocycles. The van der Waals surface area contributed by atoms with Gasteiger partial charge in [0, 0.05) is 12.1 Å². The molecule has 2 rings (SSSR count). The first-order valence-electron chi connectivity index (χ1n) is 8.34. The minimum absolute atomic E-state index is 0.0183. The molecule has 1 N–H and O–H groups in total. The molecule has 0 saturated carbocycles. The molecule has 128 valence electrons. The fraction of sp³-hybridized carbons (Fsp3) is 0.350. The number of methoxy groups -OCH3 is 1. The van der Waals surface area contributed by atoms with Crippen LogP contribution in [0.3, 0.4) is 0 Å². The highest BCUT2D eigenvalue weighted by molar-refractivity contribution is 6.32. The molecule has 0 atom stereocenters. The van der Waals surface area contributed by atoms with Gasteiger partial charge in [0.2, 0.25) is 5.91 Å². The second-order valence-electron chi connectivity index (χ2n) is 5.78. The van der Waals surface area contributed by atoms with Gasteiger partial charge in [-0.25, -0.2) is 0 Å². The largest absolute Gasteiger partial charge is 0.495 e. The number of carbonyl (C=O) groups excluding carboxylic acids is 1. The van der Waals surface area contributed by atoms with Gasteiger partial charge in [0.1, 0.15) is 5.75 Å². The quantitative estimate of drug-likeness (QED) is 0.708. The third kappa shape index (κ3) is 5.27. The molecule has 0 spiro atoms. The van der Waals surface area contributed by atoms with Crippen molar-refractivity contribution < 1.29 is 9.53 Å². The molecule has 1 amide bonds. The molecule has 3 nitrogen and oxygen atoms in total. The van der Waals surface area contributed by atoms with Crippen LogP contribution in [0.5, 0.6) is 5.75 Å². The Morgan fingerprint density at radius 3 is 2.54 bits per heavy atom. The summed E-state index contributed by atoms with van der Waals surface area (Å²) in [6, 6.07) is 13.7. The third-order valence-corrected chi connectivity index (χ3v) is 4.37. The maximum absolute atomic E-state index is 12.1. The Balaban J connectivity index is 1.87. The molecule has 0 saturated heterocycles. The number of halogens is 1. The summed E-state index contributed by atoms with van der Waals surface area (Å²) >= 11 is 6.25. The molecular weight excluding hydrogens is 322 g/mol. The van der Waals surface area contributed by atoms with Crippen LogP contribution in [0.15, 0.2) is 42.5 Å². The molecule has 2 aromatic carbocycles. The van der Waals surface area contributed by atoms with E-state index in [1.165, 1.54) is 18.4 Å². The van der Waals surface area contributed by atoms with E-state index >= 15 is 0 Å². The van der Waals surface area contributed by atoms with Crippen LogP contribution >= 0.6 is 11.6 Å². The van der Waals surface area contributed by atoms with Crippen molar-refractivity contribution in [1.82, 2.24) is 0 Å². The van der Waals surface area contributed by atoms with Gasteiger partial charge in [-0.15, -0.1) is 0 Å². The van der Waals surface area contributed by atoms with E-state index in [4.69, 9.17) is 16.3 Å². The van der Waals surface area contributed by atoms with Crippen molar-refractivity contribution in [3.8, 4) is 5.75 Å². The van der Waals surface area contributed by atoms with Crippen LogP contribution in [0.2, 0.25) is 5.02 Å². The summed E-state index contributed by atoms with van der Waals surface area (Å²) in [5.74, 6) is 0.618. The predicted octanol–water partition coefficient (Wildman–Crippen LogP) is 5.26. The smallest absolute Gasteiger partial charge is 0.224 e. The molecule has 4 heteroatoms. The van der Waals surface area contributed by atoms with E-state index < -0.39 is 0 Å². The number of hydrogen-bond acceptors (Lipinski definition) is 2. The molecule has 2 aromatic rings. The summed E-state index contributed by atoms with van der Waals surface area (Å²) < 4.78 is 5.19. The van der Waals surface area contributed by atoms with Gasteiger partial charge >= 0.3 is 0 Å². The van der Waals surface area contributed by atoms with Gasteiger partial charge in [0.25, 0.3) is 0 Å². The number of hydrogen-bond donors (Lipinski definition) is 1. The third-order valence-electron chi connectivity index (χ3n) is 3.94. The van der Waals surface area contributed by atoms with Crippen molar-refractivity contribution in [1.29, 1.82) is 0 Å². The number of ether oxygens (including phenoxy) is 1. The molecule has 0 fully saturated rings. The number of rotatable bonds is 8. The second-order valence-corrected chi connectivity index (χ2v) is 6.16. The maximum Gasteiger partial charge on any atom is 0.224 e. The van der Waals surface area contributed by atoms with Crippen molar-refractivity contribution in [2.45, 2.75) is 39.0 Å². The van der Waals surface area contributed by atoms with Crippen LogP contribution in [0.4, 0.5) is 5.69 Å². The van der Waals surface area contributed by atoms with E-state index in [0.29, 0.717) is 23.6 Å². The number of unbranched alkanes of at least 4 members (excludes halogenated alkanes) is 1. The van der Waals surface area contributed by atoms with E-state index in [1.54, 1.807) is 7.11 Å². The van der Waals surface area contributed by atoms with E-state index in [0.717, 1.165) is 17.7 Å². The minimum Gasteiger partial charge on any atom is -0.495 e. The van der Waals surface area contributed by atoms with Crippen LogP contribution in [-0.2, 0) is 17.6 Å². The summed E-state index contributed by atoms with van der Waals surface area (Å²) in [6.45, 7) is 2.18. The highest BCUT2D eigenvalue weighted by Crippen LogP contribution is 2.28. The standard InChI is InChI=1S/C20H24ClNO2/c1-3-4-6-15-9-12-17(13-10-15)22-19(23)14-11-16-7-5-8-18(24-2)20(16)21/h5,7-10,12-13H,3-4,6,11,14H2,1-2H3,(H,22,23). The molecular formula is C20H24ClNO2. The van der Waals surface area contributed by atoms with Gasteiger partial charge < -0.3 is 10.1 Å². The van der Waals surface area contributed by atoms with E-state index in [1.807, 2.05) is 30.3 Å². The lowest BCUT2D eigenvalue weighted by atomic mass is 10.1. The number of carbonyl (C=O) groups is 1. The molecule has 0 aromatic heterocycles. The topological polar surface area (TPSA) is 38.3 Å². The lowest BCUT2D eigenvalue weighted by Gasteiger charge is -2.09. The van der Waals surface area contributed by atoms with Gasteiger partial charge in [-0.1, -0.05) is 49.2 Å². The van der Waals surface area contributed by atoms with Gasteiger partial charge in [0.15, 0.2) is 0 Å². The molecule has 0 bridgehead atoms. The SMILES string of the molecule is CCCCc1ccc(NC(=O)CCc2cccc(OC)c2Cl)cc1. The zero-order chi connectivity index (χ0) is 17.4. The number of amides is 1. The average molecular weight is 346 g/mol. The van der Waals surface area contributed by atoms with E-state index in [2.05, 4.69) is 24.4 Å². The van der Waals surface area contributed by atoms with Crippen molar-refractivity contribution in [2.24, 2.45) is 0 Å². The zero-order valence-corrected chi connectivity index (χ0v) is 15.0. The summed E-state index contributed by atoms with van der Waals surface area (Å²) in [5.41, 5.74) is 3.05. The van der Waals surface area contributed by atoms with Crippen LogP contribution in [-0.4, -0.2) is 13.0 Å². The van der Waals surface area contributed by atoms with Crippen molar-refractivity contribution in [2.75, 3.05) is 12.4 Å². The fourth-order valence-corrected chi connectivity index (χ4v) is 2.81. The highest BCUT2D eigenvalue weighted by atomic mass is 35.5. The van der Waals surface area contributed by atoms with E-state index in [9.17, 15) is 4.79 Å². The Hall–Kier alpha value is -2.00. The van der Waals surface area contributed by atoms with Crippen LogP contribution in [0, 0.1) is 0 Å². The zero-order valence-electron chi connectivity index (χ0n) is 14.3. The summed E-state index contributed by atoms with van der Waals surface area (Å²) in [7, 11) is 1.59. The number of aryl methyl sites for hydroxylation is 2. The van der Waals surface area contributed by atoms with Crippen molar-refractivity contribution in [3.05, 3.63) is 58.6 Å². The lowest BCUT2D eigenvalue weighted by molar-refractivity contribution is -0.116. The Morgan fingerprint density at radius 2 is 1.88 bits per heavy atom. The molecule has 0 aliphatic rings. The predicted molar refractivity (Wildman–Crippen MR) is 100 cm³/mol. The van der Waals surface area contributed by atoms with Crippen LogP contribution in [0.1, 0.15) is 37.3 Å². The Labute approximate surface area is 149 Å². The molecule has 24 heavy (non-hydrogen) atoms. The normalized spacial score (nSPS) is 10.5. The number of benzene rings is 2. The highest BCUT2D eigenvalue weighted by Gasteiger charge is 2.09. The molecule has 0 heterocycles. The van der Waals surface area contributed by atoms with Gasteiger partial charge in [-0.2, -0.15) is 0 Å². The van der Waals surface area contributed by atoms with Gasteiger partial charge in [0.05, 0.1) is 12.1 Å². The first-order chi connectivity index (χ1) is 11.6. The minimum atomic E-state index is -0.0183. The maximum atomic E-state index is 12.1. The van der Waals surface area contributed by atoms with Crippen molar-refractivity contribution in [3.63, 3.8) is 0 Å². The van der Waals surface area contributed by atoms with Gasteiger partial charge in [-0.05, 0) is 48.6 Å². The Morgan fingerprint density at radius 1 is 1.12 bits per heavy atom. The average Bonchev–Trinajstić information content (AvgIpc) is 2.60.